The fraction of sp³-hybridized carbons (Fsp3) is 1.00. The SMILES string of the molecule is CCC(C)C(N)C1(N2CCCC2)CCCC1. The molecule has 2 aliphatic rings. The van der Waals surface area contributed by atoms with Gasteiger partial charge in [0.2, 0.25) is 0 Å². The van der Waals surface area contributed by atoms with E-state index in [1.165, 1.54) is 58.0 Å². The summed E-state index contributed by atoms with van der Waals surface area (Å²) in [5.74, 6) is 0.665. The van der Waals surface area contributed by atoms with Crippen LogP contribution in [0.25, 0.3) is 0 Å². The van der Waals surface area contributed by atoms with Crippen molar-refractivity contribution in [2.24, 2.45) is 11.7 Å². The second kappa shape index (κ2) is 5.05. The Hall–Kier alpha value is -0.0800. The van der Waals surface area contributed by atoms with Gasteiger partial charge in [0.15, 0.2) is 0 Å². The van der Waals surface area contributed by atoms with Crippen molar-refractivity contribution >= 4 is 0 Å². The molecule has 2 nitrogen and oxygen atoms in total. The van der Waals surface area contributed by atoms with E-state index in [-0.39, 0.29) is 0 Å². The molecule has 2 N–H and O–H groups in total. The third-order valence-corrected chi connectivity index (χ3v) is 5.08. The number of nitrogens with two attached hydrogens (primary N) is 1. The molecule has 2 heteroatoms. The molecule has 2 atom stereocenters. The lowest BCUT2D eigenvalue weighted by molar-refractivity contribution is 0.0705. The Balaban J connectivity index is 2.13. The Morgan fingerprint density at radius 2 is 1.69 bits per heavy atom. The summed E-state index contributed by atoms with van der Waals surface area (Å²) in [5, 5.41) is 0. The van der Waals surface area contributed by atoms with Crippen LogP contribution >= 0.6 is 0 Å². The van der Waals surface area contributed by atoms with E-state index in [4.69, 9.17) is 5.73 Å². The fourth-order valence-electron chi connectivity index (χ4n) is 3.79. The molecule has 94 valence electrons. The molecule has 1 aliphatic carbocycles. The molecule has 1 saturated carbocycles. The predicted molar refractivity (Wildman–Crippen MR) is 69.4 cm³/mol. The maximum atomic E-state index is 6.61. The van der Waals surface area contributed by atoms with Gasteiger partial charge in [0.05, 0.1) is 0 Å². The van der Waals surface area contributed by atoms with Crippen molar-refractivity contribution in [3.8, 4) is 0 Å². The van der Waals surface area contributed by atoms with Crippen LogP contribution in [0.1, 0.15) is 58.8 Å². The van der Waals surface area contributed by atoms with Gasteiger partial charge >= 0.3 is 0 Å². The molecule has 2 rings (SSSR count). The minimum Gasteiger partial charge on any atom is -0.326 e. The van der Waals surface area contributed by atoms with Gasteiger partial charge in [-0.3, -0.25) is 4.90 Å². The normalized spacial score (nSPS) is 29.4. The van der Waals surface area contributed by atoms with Crippen LogP contribution in [-0.4, -0.2) is 29.6 Å². The van der Waals surface area contributed by atoms with Crippen LogP contribution in [0, 0.1) is 5.92 Å². The number of nitrogens with zero attached hydrogens (tertiary/aromatic N) is 1. The zero-order valence-electron chi connectivity index (χ0n) is 11.0. The first kappa shape index (κ1) is 12.4. The molecule has 0 aromatic rings. The Labute approximate surface area is 101 Å². The highest BCUT2D eigenvalue weighted by Gasteiger charge is 2.46. The monoisotopic (exact) mass is 224 g/mol. The minimum atomic E-state index is 0.367. The highest BCUT2D eigenvalue weighted by atomic mass is 15.2. The zero-order valence-corrected chi connectivity index (χ0v) is 11.0. The van der Waals surface area contributed by atoms with E-state index >= 15 is 0 Å². The summed E-state index contributed by atoms with van der Waals surface area (Å²) >= 11 is 0. The van der Waals surface area contributed by atoms with Crippen molar-refractivity contribution < 1.29 is 0 Å². The number of hydrogen-bond donors (Lipinski definition) is 1. The van der Waals surface area contributed by atoms with Gasteiger partial charge in [-0.15, -0.1) is 0 Å². The van der Waals surface area contributed by atoms with E-state index in [1.54, 1.807) is 0 Å². The van der Waals surface area contributed by atoms with Crippen molar-refractivity contribution in [1.29, 1.82) is 0 Å². The van der Waals surface area contributed by atoms with Crippen LogP contribution in [0.4, 0.5) is 0 Å². The summed E-state index contributed by atoms with van der Waals surface area (Å²) in [5.41, 5.74) is 6.97. The summed E-state index contributed by atoms with van der Waals surface area (Å²) in [6, 6.07) is 0.387. The van der Waals surface area contributed by atoms with Gasteiger partial charge in [0, 0.05) is 11.6 Å². The smallest absolute Gasteiger partial charge is 0.0363 e. The van der Waals surface area contributed by atoms with E-state index in [2.05, 4.69) is 18.7 Å². The second-order valence-corrected chi connectivity index (χ2v) is 5.92. The first-order valence-corrected chi connectivity index (χ1v) is 7.21. The van der Waals surface area contributed by atoms with Gasteiger partial charge in [-0.2, -0.15) is 0 Å². The lowest BCUT2D eigenvalue weighted by atomic mass is 9.79. The summed E-state index contributed by atoms with van der Waals surface area (Å²) < 4.78 is 0. The molecule has 0 spiro atoms. The molecule has 2 unspecified atom stereocenters. The minimum absolute atomic E-state index is 0.367. The maximum Gasteiger partial charge on any atom is 0.0363 e. The summed E-state index contributed by atoms with van der Waals surface area (Å²) in [7, 11) is 0. The maximum absolute atomic E-state index is 6.61. The van der Waals surface area contributed by atoms with Crippen molar-refractivity contribution in [2.75, 3.05) is 13.1 Å². The molecule has 0 radical (unpaired) electrons. The summed E-state index contributed by atoms with van der Waals surface area (Å²) in [6.07, 6.45) is 9.46. The largest absolute Gasteiger partial charge is 0.326 e. The van der Waals surface area contributed by atoms with Crippen LogP contribution in [0.3, 0.4) is 0 Å². The Bertz CT molecular complexity index is 215. The van der Waals surface area contributed by atoms with E-state index in [0.29, 0.717) is 17.5 Å². The topological polar surface area (TPSA) is 29.3 Å². The molecule has 0 aromatic carbocycles. The third-order valence-electron chi connectivity index (χ3n) is 5.08. The van der Waals surface area contributed by atoms with Gasteiger partial charge in [0.25, 0.3) is 0 Å². The lowest BCUT2D eigenvalue weighted by Crippen LogP contribution is -2.59. The van der Waals surface area contributed by atoms with Crippen LogP contribution in [-0.2, 0) is 0 Å². The number of rotatable bonds is 4. The first-order valence-electron chi connectivity index (χ1n) is 7.21. The van der Waals surface area contributed by atoms with Gasteiger partial charge in [-0.1, -0.05) is 33.1 Å². The molecule has 1 heterocycles. The van der Waals surface area contributed by atoms with Crippen molar-refractivity contribution in [3.63, 3.8) is 0 Å². The van der Waals surface area contributed by atoms with Crippen molar-refractivity contribution in [1.82, 2.24) is 4.90 Å². The average molecular weight is 224 g/mol. The van der Waals surface area contributed by atoms with Crippen LogP contribution in [0.5, 0.6) is 0 Å². The van der Waals surface area contributed by atoms with Gasteiger partial charge < -0.3 is 5.73 Å². The average Bonchev–Trinajstić information content (AvgIpc) is 2.97. The Morgan fingerprint density at radius 3 is 2.19 bits per heavy atom. The van der Waals surface area contributed by atoms with Crippen LogP contribution in [0.15, 0.2) is 0 Å². The Morgan fingerprint density at radius 1 is 1.12 bits per heavy atom. The highest BCUT2D eigenvalue weighted by molar-refractivity contribution is 5.04. The van der Waals surface area contributed by atoms with Crippen molar-refractivity contribution in [3.05, 3.63) is 0 Å². The van der Waals surface area contributed by atoms with Gasteiger partial charge in [-0.25, -0.2) is 0 Å². The fourth-order valence-corrected chi connectivity index (χ4v) is 3.79. The predicted octanol–water partition coefficient (Wildman–Crippen LogP) is 2.77. The molecule has 0 aromatic heterocycles. The molecule has 16 heavy (non-hydrogen) atoms. The van der Waals surface area contributed by atoms with E-state index in [1.807, 2.05) is 0 Å². The molecular formula is C14H28N2. The first-order chi connectivity index (χ1) is 7.70. The lowest BCUT2D eigenvalue weighted by Gasteiger charge is -2.45. The number of hydrogen-bond acceptors (Lipinski definition) is 2. The number of likely N-dealkylation sites (tertiary alicyclic amines) is 1. The summed E-state index contributed by atoms with van der Waals surface area (Å²) in [6.45, 7) is 7.20. The van der Waals surface area contributed by atoms with E-state index in [9.17, 15) is 0 Å². The quantitative estimate of drug-likeness (QED) is 0.795. The standard InChI is InChI=1S/C14H28N2/c1-3-12(2)13(15)14(8-4-5-9-14)16-10-6-7-11-16/h12-13H,3-11,15H2,1-2H3. The van der Waals surface area contributed by atoms with Gasteiger partial charge in [0.1, 0.15) is 0 Å². The second-order valence-electron chi connectivity index (χ2n) is 5.92. The molecule has 1 aliphatic heterocycles. The van der Waals surface area contributed by atoms with Crippen LogP contribution < -0.4 is 5.73 Å². The molecule has 0 amide bonds. The molecular weight excluding hydrogens is 196 g/mol. The molecule has 2 fully saturated rings. The van der Waals surface area contributed by atoms with Crippen molar-refractivity contribution in [2.45, 2.75) is 70.4 Å². The zero-order chi connectivity index (χ0) is 11.6. The Kier molecular flexibility index (Phi) is 3.91. The molecule has 0 bridgehead atoms. The van der Waals surface area contributed by atoms with Crippen LogP contribution in [0.2, 0.25) is 0 Å². The molecule has 1 saturated heterocycles. The van der Waals surface area contributed by atoms with E-state index < -0.39 is 0 Å². The van der Waals surface area contributed by atoms with Gasteiger partial charge in [-0.05, 0) is 44.7 Å². The third kappa shape index (κ3) is 2.02. The summed E-state index contributed by atoms with van der Waals surface area (Å²) in [4.78, 5) is 2.73. The highest BCUT2D eigenvalue weighted by Crippen LogP contribution is 2.41. The van der Waals surface area contributed by atoms with E-state index in [0.717, 1.165) is 0 Å².